The first-order valence-electron chi connectivity index (χ1n) is 10.2. The number of benzene rings is 2. The molecule has 0 saturated carbocycles. The van der Waals surface area contributed by atoms with Gasteiger partial charge in [-0.1, -0.05) is 47.5 Å². The first kappa shape index (κ1) is 20.7. The van der Waals surface area contributed by atoms with Crippen LogP contribution in [0.3, 0.4) is 0 Å². The van der Waals surface area contributed by atoms with Gasteiger partial charge < -0.3 is 14.6 Å². The van der Waals surface area contributed by atoms with Gasteiger partial charge in [0.15, 0.2) is 0 Å². The summed E-state index contributed by atoms with van der Waals surface area (Å²) < 4.78 is 7.68. The first-order valence-corrected chi connectivity index (χ1v) is 11.0. The van der Waals surface area contributed by atoms with E-state index in [1.54, 1.807) is 6.07 Å². The third-order valence-electron chi connectivity index (χ3n) is 5.47. The molecule has 1 aliphatic heterocycles. The van der Waals surface area contributed by atoms with E-state index in [1.807, 2.05) is 12.1 Å². The van der Waals surface area contributed by atoms with E-state index in [9.17, 15) is 0 Å². The van der Waals surface area contributed by atoms with Crippen molar-refractivity contribution in [3.63, 3.8) is 0 Å². The second-order valence-electron chi connectivity index (χ2n) is 7.52. The minimum absolute atomic E-state index is 0.665. The van der Waals surface area contributed by atoms with Gasteiger partial charge in [-0.2, -0.15) is 0 Å². The lowest BCUT2D eigenvalue weighted by Crippen LogP contribution is -2.37. The van der Waals surface area contributed by atoms with Crippen molar-refractivity contribution < 1.29 is 4.74 Å². The molecule has 154 valence electrons. The second-order valence-corrected chi connectivity index (χ2v) is 8.36. The number of hydrogen-bond acceptors (Lipinski definition) is 3. The Morgan fingerprint density at radius 3 is 2.66 bits per heavy atom. The van der Waals surface area contributed by atoms with Gasteiger partial charge in [0.05, 0.1) is 13.2 Å². The fraction of sp³-hybridized carbons (Fsp3) is 0.391. The van der Waals surface area contributed by atoms with Gasteiger partial charge in [0.25, 0.3) is 0 Å². The maximum atomic E-state index is 6.40. The van der Waals surface area contributed by atoms with E-state index in [1.165, 1.54) is 16.5 Å². The number of nitrogens with one attached hydrogen (secondary N) is 1. The molecule has 1 aromatic heterocycles. The Hall–Kier alpha value is -1.56. The number of rotatable bonds is 8. The molecule has 6 heteroatoms. The molecule has 0 amide bonds. The minimum Gasteiger partial charge on any atom is -0.379 e. The van der Waals surface area contributed by atoms with Crippen molar-refractivity contribution in [2.75, 3.05) is 39.4 Å². The molecule has 29 heavy (non-hydrogen) atoms. The molecule has 4 rings (SSSR count). The van der Waals surface area contributed by atoms with E-state index in [4.69, 9.17) is 27.9 Å². The van der Waals surface area contributed by atoms with E-state index in [2.05, 4.69) is 45.2 Å². The minimum atomic E-state index is 0.665. The SMILES string of the molecule is Clc1ccc(Cn2cc(CNCCCN3CCOCC3)c3ccccc32)c(Cl)c1. The van der Waals surface area contributed by atoms with Crippen molar-refractivity contribution in [1.29, 1.82) is 0 Å². The van der Waals surface area contributed by atoms with Crippen LogP contribution in [-0.4, -0.2) is 48.9 Å². The van der Waals surface area contributed by atoms with Gasteiger partial charge in [-0.15, -0.1) is 0 Å². The third-order valence-corrected chi connectivity index (χ3v) is 6.06. The van der Waals surface area contributed by atoms with E-state index < -0.39 is 0 Å². The highest BCUT2D eigenvalue weighted by Crippen LogP contribution is 2.26. The van der Waals surface area contributed by atoms with Crippen molar-refractivity contribution in [3.05, 3.63) is 69.8 Å². The highest BCUT2D eigenvalue weighted by molar-refractivity contribution is 6.35. The number of ether oxygens (including phenoxy) is 1. The monoisotopic (exact) mass is 431 g/mol. The average Bonchev–Trinajstić information content (AvgIpc) is 3.08. The van der Waals surface area contributed by atoms with Crippen LogP contribution in [0.1, 0.15) is 17.5 Å². The number of hydrogen-bond donors (Lipinski definition) is 1. The molecular weight excluding hydrogens is 405 g/mol. The topological polar surface area (TPSA) is 29.4 Å². The van der Waals surface area contributed by atoms with Gasteiger partial charge in [0.1, 0.15) is 0 Å². The van der Waals surface area contributed by atoms with Gasteiger partial charge in [-0.05, 0) is 48.8 Å². The predicted molar refractivity (Wildman–Crippen MR) is 121 cm³/mol. The highest BCUT2D eigenvalue weighted by Gasteiger charge is 2.11. The molecule has 3 aromatic rings. The third kappa shape index (κ3) is 5.33. The van der Waals surface area contributed by atoms with Crippen LogP contribution in [0.4, 0.5) is 0 Å². The molecule has 0 spiro atoms. The predicted octanol–water partition coefficient (Wildman–Crippen LogP) is 4.81. The van der Waals surface area contributed by atoms with E-state index in [-0.39, 0.29) is 0 Å². The van der Waals surface area contributed by atoms with Crippen molar-refractivity contribution in [3.8, 4) is 0 Å². The zero-order chi connectivity index (χ0) is 20.1. The van der Waals surface area contributed by atoms with Crippen LogP contribution >= 0.6 is 23.2 Å². The molecule has 1 fully saturated rings. The molecule has 1 saturated heterocycles. The summed E-state index contributed by atoms with van der Waals surface area (Å²) in [4.78, 5) is 2.48. The summed E-state index contributed by atoms with van der Waals surface area (Å²) in [6.07, 6.45) is 3.39. The molecule has 1 aliphatic rings. The van der Waals surface area contributed by atoms with Crippen molar-refractivity contribution in [2.24, 2.45) is 0 Å². The molecule has 1 N–H and O–H groups in total. The normalized spacial score (nSPS) is 15.2. The molecule has 0 radical (unpaired) electrons. The number of nitrogens with zero attached hydrogens (tertiary/aromatic N) is 2. The lowest BCUT2D eigenvalue weighted by Gasteiger charge is -2.26. The number of morpholine rings is 1. The van der Waals surface area contributed by atoms with Crippen LogP contribution in [0, 0.1) is 0 Å². The molecule has 2 heterocycles. The lowest BCUT2D eigenvalue weighted by atomic mass is 10.2. The first-order chi connectivity index (χ1) is 14.2. The van der Waals surface area contributed by atoms with Crippen molar-refractivity contribution in [1.82, 2.24) is 14.8 Å². The summed E-state index contributed by atoms with van der Waals surface area (Å²) >= 11 is 12.4. The van der Waals surface area contributed by atoms with Gasteiger partial charge in [0.2, 0.25) is 0 Å². The van der Waals surface area contributed by atoms with Gasteiger partial charge >= 0.3 is 0 Å². The maximum Gasteiger partial charge on any atom is 0.0594 e. The standard InChI is InChI=1S/C23H27Cl2N3O/c24-20-7-6-18(22(25)14-20)16-28-17-19(21-4-1-2-5-23(21)28)15-26-8-3-9-27-10-12-29-13-11-27/h1-2,4-7,14,17,26H,3,8-13,15-16H2. The highest BCUT2D eigenvalue weighted by atomic mass is 35.5. The Kier molecular flexibility index (Phi) is 7.11. The second kappa shape index (κ2) is 9.96. The van der Waals surface area contributed by atoms with Crippen molar-refractivity contribution in [2.45, 2.75) is 19.5 Å². The Balaban J connectivity index is 1.39. The Morgan fingerprint density at radius 2 is 1.83 bits per heavy atom. The Labute approximate surface area is 182 Å². The molecule has 2 aromatic carbocycles. The van der Waals surface area contributed by atoms with Crippen molar-refractivity contribution >= 4 is 34.1 Å². The van der Waals surface area contributed by atoms with Crippen LogP contribution in [0.2, 0.25) is 10.0 Å². The molecular formula is C23H27Cl2N3O. The summed E-state index contributed by atoms with van der Waals surface area (Å²) in [6, 6.07) is 14.3. The summed E-state index contributed by atoms with van der Waals surface area (Å²) in [7, 11) is 0. The average molecular weight is 432 g/mol. The number of halogens is 2. The Bertz CT molecular complexity index is 950. The maximum absolute atomic E-state index is 6.40. The van der Waals surface area contributed by atoms with Crippen LogP contribution in [0.15, 0.2) is 48.7 Å². The zero-order valence-electron chi connectivity index (χ0n) is 16.5. The number of fused-ring (bicyclic) bond motifs is 1. The molecule has 0 bridgehead atoms. The van der Waals surface area contributed by atoms with Crippen LogP contribution in [0.25, 0.3) is 10.9 Å². The lowest BCUT2D eigenvalue weighted by molar-refractivity contribution is 0.0374. The smallest absolute Gasteiger partial charge is 0.0594 e. The molecule has 0 atom stereocenters. The van der Waals surface area contributed by atoms with E-state index in [0.717, 1.165) is 64.5 Å². The summed E-state index contributed by atoms with van der Waals surface area (Å²) in [5.41, 5.74) is 3.61. The summed E-state index contributed by atoms with van der Waals surface area (Å²) in [5.74, 6) is 0. The van der Waals surface area contributed by atoms with Gasteiger partial charge in [-0.25, -0.2) is 0 Å². The fourth-order valence-corrected chi connectivity index (χ4v) is 4.37. The van der Waals surface area contributed by atoms with E-state index in [0.29, 0.717) is 10.0 Å². The van der Waals surface area contributed by atoms with E-state index >= 15 is 0 Å². The number of aromatic nitrogens is 1. The Morgan fingerprint density at radius 1 is 1.00 bits per heavy atom. The molecule has 4 nitrogen and oxygen atoms in total. The van der Waals surface area contributed by atoms with Crippen LogP contribution < -0.4 is 5.32 Å². The van der Waals surface area contributed by atoms with Crippen LogP contribution in [0.5, 0.6) is 0 Å². The molecule has 0 unspecified atom stereocenters. The zero-order valence-corrected chi connectivity index (χ0v) is 18.1. The van der Waals surface area contributed by atoms with Gasteiger partial charge in [0, 0.05) is 53.3 Å². The largest absolute Gasteiger partial charge is 0.379 e. The van der Waals surface area contributed by atoms with Crippen LogP contribution in [-0.2, 0) is 17.8 Å². The quantitative estimate of drug-likeness (QED) is 0.518. The van der Waals surface area contributed by atoms with Gasteiger partial charge in [-0.3, -0.25) is 4.90 Å². The molecule has 0 aliphatic carbocycles. The summed E-state index contributed by atoms with van der Waals surface area (Å²) in [6.45, 7) is 7.59. The fourth-order valence-electron chi connectivity index (χ4n) is 3.90. The summed E-state index contributed by atoms with van der Waals surface area (Å²) in [5, 5.41) is 6.28. The number of para-hydroxylation sites is 1.